The average molecular weight is 137 g/mol. The summed E-state index contributed by atoms with van der Waals surface area (Å²) >= 11 is 0. The Morgan fingerprint density at radius 2 is 1.38 bits per heavy atom. The zero-order valence-corrected chi connectivity index (χ0v) is 2.95. The number of carbonyl (C=O) groups is 1. The Hall–Kier alpha value is 0.260. The summed E-state index contributed by atoms with van der Waals surface area (Å²) in [5, 5.41) is 8.78. The third-order valence-corrected chi connectivity index (χ3v) is 0.231. The molecule has 0 aliphatic heterocycles. The van der Waals surface area contributed by atoms with Crippen molar-refractivity contribution in [2.24, 2.45) is 0 Å². The summed E-state index contributed by atoms with van der Waals surface area (Å²) in [6, 6.07) is 0. The van der Waals surface area contributed by atoms with E-state index in [2.05, 4.69) is 0 Å². The van der Waals surface area contributed by atoms with Crippen molar-refractivity contribution in [2.45, 2.75) is 6.18 Å². The molecule has 0 amide bonds. The molecule has 0 N–H and O–H groups in total. The van der Waals surface area contributed by atoms with Crippen LogP contribution in [0.4, 0.5) is 13.2 Å². The van der Waals surface area contributed by atoms with Crippen molar-refractivity contribution >= 4 is 35.5 Å². The van der Waals surface area contributed by atoms with Gasteiger partial charge in [-0.05, 0) is 0 Å². The maximum absolute atomic E-state index is 10.5. The number of alkyl halides is 3. The third-order valence-electron chi connectivity index (χ3n) is 0.231. The SMILES string of the molecule is [NaH].[O]C(=O)C(F)(F)F. The van der Waals surface area contributed by atoms with Crippen LogP contribution in [0.2, 0.25) is 0 Å². The molecule has 0 bridgehead atoms. The fourth-order valence-electron chi connectivity index (χ4n) is 0. The molecular weight excluding hydrogens is 136 g/mol. The normalized spacial score (nSPS) is 9.88. The van der Waals surface area contributed by atoms with Gasteiger partial charge in [0, 0.05) is 0 Å². The topological polar surface area (TPSA) is 37.0 Å². The Balaban J connectivity index is 0. The predicted octanol–water partition coefficient (Wildman–Crippen LogP) is -0.143. The van der Waals surface area contributed by atoms with E-state index in [4.69, 9.17) is 9.90 Å². The van der Waals surface area contributed by atoms with Crippen LogP contribution < -0.4 is 0 Å². The molecule has 2 nitrogen and oxygen atoms in total. The molecule has 0 aromatic carbocycles. The Morgan fingerprint density at radius 3 is 1.38 bits per heavy atom. The van der Waals surface area contributed by atoms with Crippen molar-refractivity contribution in [1.29, 1.82) is 0 Å². The van der Waals surface area contributed by atoms with Crippen LogP contribution in [-0.2, 0) is 9.90 Å². The van der Waals surface area contributed by atoms with E-state index < -0.39 is 12.1 Å². The van der Waals surface area contributed by atoms with Gasteiger partial charge in [0.1, 0.15) is 0 Å². The van der Waals surface area contributed by atoms with Crippen LogP contribution in [0.3, 0.4) is 0 Å². The maximum Gasteiger partial charge on any atom is 0.495 e. The molecule has 0 unspecified atom stereocenters. The summed E-state index contributed by atoms with van der Waals surface area (Å²) in [4.78, 5) is 8.78. The Morgan fingerprint density at radius 1 is 1.25 bits per heavy atom. The molecule has 0 saturated heterocycles. The minimum Gasteiger partial charge on any atom is -0.237 e. The molecule has 0 spiro atoms. The molecule has 1 radical (unpaired) electrons. The third kappa shape index (κ3) is 4.42. The first kappa shape index (κ1) is 11.1. The van der Waals surface area contributed by atoms with Gasteiger partial charge in [-0.2, -0.15) is 13.2 Å². The summed E-state index contributed by atoms with van der Waals surface area (Å²) in [6.45, 7) is 0. The second-order valence-electron chi connectivity index (χ2n) is 0.785. The van der Waals surface area contributed by atoms with E-state index in [0.29, 0.717) is 0 Å². The van der Waals surface area contributed by atoms with E-state index in [1.807, 2.05) is 0 Å². The van der Waals surface area contributed by atoms with Gasteiger partial charge in [-0.25, -0.2) is 9.90 Å². The summed E-state index contributed by atoms with van der Waals surface area (Å²) < 4.78 is 31.5. The quantitative estimate of drug-likeness (QED) is 0.428. The van der Waals surface area contributed by atoms with Gasteiger partial charge in [0.2, 0.25) is 0 Å². The number of hydrogen-bond donors (Lipinski definition) is 0. The van der Waals surface area contributed by atoms with Crippen LogP contribution in [-0.4, -0.2) is 41.7 Å². The van der Waals surface area contributed by atoms with Crippen molar-refractivity contribution < 1.29 is 23.1 Å². The molecule has 0 heterocycles. The van der Waals surface area contributed by atoms with Crippen LogP contribution in [0.15, 0.2) is 0 Å². The van der Waals surface area contributed by atoms with E-state index in [1.54, 1.807) is 0 Å². The van der Waals surface area contributed by atoms with Gasteiger partial charge in [-0.1, -0.05) is 0 Å². The first-order valence-electron chi connectivity index (χ1n) is 1.23. The largest absolute Gasteiger partial charge is 0.495 e. The van der Waals surface area contributed by atoms with Crippen molar-refractivity contribution in [3.63, 3.8) is 0 Å². The molecule has 0 rings (SSSR count). The van der Waals surface area contributed by atoms with Gasteiger partial charge in [-0.3, -0.25) is 0 Å². The van der Waals surface area contributed by atoms with E-state index in [0.717, 1.165) is 0 Å². The van der Waals surface area contributed by atoms with E-state index in [1.165, 1.54) is 0 Å². The number of carbonyl (C=O) groups excluding carboxylic acids is 1. The fraction of sp³-hybridized carbons (Fsp3) is 0.500. The van der Waals surface area contributed by atoms with Crippen LogP contribution in [0.5, 0.6) is 0 Å². The minimum absolute atomic E-state index is 0. The summed E-state index contributed by atoms with van der Waals surface area (Å²) in [6.07, 6.45) is -5.19. The molecule has 0 aromatic heterocycles. The van der Waals surface area contributed by atoms with Gasteiger partial charge in [-0.15, -0.1) is 0 Å². The molecule has 0 aromatic rings. The van der Waals surface area contributed by atoms with Crippen molar-refractivity contribution in [3.05, 3.63) is 0 Å². The molecule has 0 saturated carbocycles. The van der Waals surface area contributed by atoms with Gasteiger partial charge < -0.3 is 0 Å². The Kier molecular flexibility index (Phi) is 4.61. The Labute approximate surface area is 65.0 Å². The second kappa shape index (κ2) is 3.32. The fourth-order valence-corrected chi connectivity index (χ4v) is 0. The van der Waals surface area contributed by atoms with E-state index in [9.17, 15) is 13.2 Å². The van der Waals surface area contributed by atoms with Crippen LogP contribution >= 0.6 is 0 Å². The van der Waals surface area contributed by atoms with Crippen LogP contribution in [0.1, 0.15) is 0 Å². The van der Waals surface area contributed by atoms with Gasteiger partial charge in [0.05, 0.1) is 0 Å². The van der Waals surface area contributed by atoms with Crippen molar-refractivity contribution in [3.8, 4) is 0 Å². The van der Waals surface area contributed by atoms with Crippen molar-refractivity contribution in [2.75, 3.05) is 0 Å². The molecule has 6 heteroatoms. The average Bonchev–Trinajstić information content (AvgIpc) is 1.31. The number of halogens is 3. The van der Waals surface area contributed by atoms with E-state index in [-0.39, 0.29) is 29.6 Å². The predicted molar refractivity (Wildman–Crippen MR) is 18.9 cm³/mol. The molecule has 0 fully saturated rings. The Bertz CT molecular complexity index is 87.8. The minimum atomic E-state index is -5.19. The van der Waals surface area contributed by atoms with Gasteiger partial charge >= 0.3 is 41.7 Å². The zero-order valence-electron chi connectivity index (χ0n) is 2.95. The molecule has 43 valence electrons. The van der Waals surface area contributed by atoms with E-state index >= 15 is 0 Å². The molecule has 0 aliphatic rings. The molecule has 0 aliphatic carbocycles. The summed E-state index contributed by atoms with van der Waals surface area (Å²) in [5.41, 5.74) is 0. The van der Waals surface area contributed by atoms with Gasteiger partial charge in [0.25, 0.3) is 0 Å². The monoisotopic (exact) mass is 137 g/mol. The molecule has 8 heavy (non-hydrogen) atoms. The van der Waals surface area contributed by atoms with Crippen molar-refractivity contribution in [1.82, 2.24) is 0 Å². The second-order valence-corrected chi connectivity index (χ2v) is 0.785. The smallest absolute Gasteiger partial charge is 0.237 e. The molecular formula is C2HF3NaO2. The number of rotatable bonds is 0. The maximum atomic E-state index is 10.5. The first-order chi connectivity index (χ1) is 2.94. The summed E-state index contributed by atoms with van der Waals surface area (Å²) in [7, 11) is 0. The number of hydrogen-bond acceptors (Lipinski definition) is 1. The first-order valence-corrected chi connectivity index (χ1v) is 1.23. The molecule has 0 atom stereocenters. The van der Waals surface area contributed by atoms with Crippen LogP contribution in [0.25, 0.3) is 0 Å². The zero-order chi connectivity index (χ0) is 6.08. The van der Waals surface area contributed by atoms with Crippen LogP contribution in [0, 0.1) is 0 Å². The van der Waals surface area contributed by atoms with Gasteiger partial charge in [0.15, 0.2) is 0 Å². The summed E-state index contributed by atoms with van der Waals surface area (Å²) in [5.74, 6) is -3.01. The standard InChI is InChI=1S/C2F3O2.Na.H/c3-2(4,5)1(6)7;;.